The Bertz CT molecular complexity index is 446. The molecule has 0 saturated carbocycles. The van der Waals surface area contributed by atoms with Gasteiger partial charge in [-0.2, -0.15) is 0 Å². The first-order valence-corrected chi connectivity index (χ1v) is 7.00. The molecule has 0 aliphatic heterocycles. The Labute approximate surface area is 125 Å². The van der Waals surface area contributed by atoms with E-state index in [1.165, 1.54) is 0 Å². The third-order valence-electron chi connectivity index (χ3n) is 2.74. The van der Waals surface area contributed by atoms with Crippen molar-refractivity contribution in [2.75, 3.05) is 38.7 Å². The Morgan fingerprint density at radius 1 is 1.14 bits per heavy atom. The van der Waals surface area contributed by atoms with Crippen LogP contribution in [0.15, 0.2) is 24.3 Å². The largest absolute Gasteiger partial charge is 0.383 e. The summed E-state index contributed by atoms with van der Waals surface area (Å²) in [4.78, 5) is 23.1. The fourth-order valence-corrected chi connectivity index (χ4v) is 1.73. The average molecular weight is 293 g/mol. The normalized spacial score (nSPS) is 10.2. The van der Waals surface area contributed by atoms with Crippen LogP contribution in [0.5, 0.6) is 0 Å². The topological polar surface area (TPSA) is 79.5 Å². The number of methoxy groups -OCH3 is 1. The van der Waals surface area contributed by atoms with Gasteiger partial charge in [-0.05, 0) is 24.6 Å². The molecule has 1 rings (SSSR count). The van der Waals surface area contributed by atoms with Crippen LogP contribution in [-0.4, -0.2) is 45.2 Å². The quantitative estimate of drug-likeness (QED) is 0.581. The van der Waals surface area contributed by atoms with Gasteiger partial charge in [0.2, 0.25) is 11.8 Å². The van der Waals surface area contributed by atoms with E-state index in [2.05, 4.69) is 16.0 Å². The van der Waals surface area contributed by atoms with Gasteiger partial charge in [-0.25, -0.2) is 0 Å². The van der Waals surface area contributed by atoms with Crippen LogP contribution < -0.4 is 16.0 Å². The number of hydrogen-bond donors (Lipinski definition) is 3. The number of carbonyl (C=O) groups is 2. The Morgan fingerprint density at radius 3 is 2.48 bits per heavy atom. The van der Waals surface area contributed by atoms with E-state index in [0.29, 0.717) is 31.8 Å². The molecule has 0 saturated heterocycles. The van der Waals surface area contributed by atoms with Gasteiger partial charge in [0.15, 0.2) is 0 Å². The molecule has 0 aliphatic rings. The molecule has 0 bridgehead atoms. The van der Waals surface area contributed by atoms with Gasteiger partial charge in [-0.1, -0.05) is 12.1 Å². The van der Waals surface area contributed by atoms with Crippen molar-refractivity contribution in [3.63, 3.8) is 0 Å². The number of likely N-dealkylation sites (N-methyl/N-ethyl adjacent to an activating group) is 1. The molecular weight excluding hydrogens is 270 g/mol. The number of rotatable bonds is 9. The van der Waals surface area contributed by atoms with E-state index in [0.717, 1.165) is 5.56 Å². The summed E-state index contributed by atoms with van der Waals surface area (Å²) >= 11 is 0. The van der Waals surface area contributed by atoms with Crippen molar-refractivity contribution in [1.29, 1.82) is 0 Å². The highest BCUT2D eigenvalue weighted by Gasteiger charge is 2.04. The Balaban J connectivity index is 2.36. The molecule has 6 nitrogen and oxygen atoms in total. The Hall–Kier alpha value is -1.92. The van der Waals surface area contributed by atoms with Gasteiger partial charge in [0, 0.05) is 25.9 Å². The maximum atomic E-state index is 11.6. The number of hydrogen-bond acceptors (Lipinski definition) is 4. The molecule has 1 aromatic rings. The van der Waals surface area contributed by atoms with Gasteiger partial charge in [0.05, 0.1) is 19.6 Å². The summed E-state index contributed by atoms with van der Waals surface area (Å²) in [5.74, 6) is -0.112. The Morgan fingerprint density at radius 2 is 1.86 bits per heavy atom. The smallest absolute Gasteiger partial charge is 0.238 e. The van der Waals surface area contributed by atoms with Gasteiger partial charge in [0.25, 0.3) is 0 Å². The lowest BCUT2D eigenvalue weighted by Crippen LogP contribution is -2.30. The first kappa shape index (κ1) is 17.1. The second kappa shape index (κ2) is 9.90. The standard InChI is InChI=1S/C15H23N3O3/c1-3-17-14(19)10-12-4-6-13(7-5-12)18-15(20)11-16-8-9-21-2/h4-7,16H,3,8-11H2,1-2H3,(H,17,19)(H,18,20). The minimum Gasteiger partial charge on any atom is -0.383 e. The molecular formula is C15H23N3O3. The molecule has 0 aliphatic carbocycles. The van der Waals surface area contributed by atoms with Crippen molar-refractivity contribution in [2.24, 2.45) is 0 Å². The first-order chi connectivity index (χ1) is 10.2. The highest BCUT2D eigenvalue weighted by molar-refractivity contribution is 5.92. The van der Waals surface area contributed by atoms with Crippen molar-refractivity contribution < 1.29 is 14.3 Å². The molecule has 0 fully saturated rings. The van der Waals surface area contributed by atoms with Crippen molar-refractivity contribution in [3.8, 4) is 0 Å². The minimum atomic E-state index is -0.109. The van der Waals surface area contributed by atoms with Gasteiger partial charge in [0.1, 0.15) is 0 Å². The predicted octanol–water partition coefficient (Wildman–Crippen LogP) is 0.540. The molecule has 0 heterocycles. The van der Waals surface area contributed by atoms with Crippen LogP contribution in [0.3, 0.4) is 0 Å². The number of benzene rings is 1. The molecule has 21 heavy (non-hydrogen) atoms. The highest BCUT2D eigenvalue weighted by atomic mass is 16.5. The summed E-state index contributed by atoms with van der Waals surface area (Å²) < 4.78 is 4.88. The lowest BCUT2D eigenvalue weighted by molar-refractivity contribution is -0.120. The highest BCUT2D eigenvalue weighted by Crippen LogP contribution is 2.09. The minimum absolute atomic E-state index is 0.00312. The Kier molecular flexibility index (Phi) is 8.08. The molecule has 0 radical (unpaired) electrons. The van der Waals surface area contributed by atoms with E-state index in [1.54, 1.807) is 19.2 Å². The number of anilines is 1. The SMILES string of the molecule is CCNC(=O)Cc1ccc(NC(=O)CNCCOC)cc1. The summed E-state index contributed by atoms with van der Waals surface area (Å²) in [6, 6.07) is 7.26. The zero-order valence-corrected chi connectivity index (χ0v) is 12.6. The van der Waals surface area contributed by atoms with Crippen molar-refractivity contribution in [3.05, 3.63) is 29.8 Å². The summed E-state index contributed by atoms with van der Waals surface area (Å²) in [6.45, 7) is 3.96. The lowest BCUT2D eigenvalue weighted by Gasteiger charge is -2.07. The van der Waals surface area contributed by atoms with Crippen LogP contribution in [-0.2, 0) is 20.7 Å². The number of amides is 2. The van der Waals surface area contributed by atoms with Crippen LogP contribution in [0.1, 0.15) is 12.5 Å². The molecule has 3 N–H and O–H groups in total. The van der Waals surface area contributed by atoms with Crippen LogP contribution in [0.4, 0.5) is 5.69 Å². The molecule has 2 amide bonds. The number of carbonyl (C=O) groups excluding carboxylic acids is 2. The second-order valence-corrected chi connectivity index (χ2v) is 4.54. The van der Waals surface area contributed by atoms with E-state index in [1.807, 2.05) is 19.1 Å². The number of ether oxygens (including phenoxy) is 1. The summed E-state index contributed by atoms with van der Waals surface area (Å²) in [7, 11) is 1.62. The lowest BCUT2D eigenvalue weighted by atomic mass is 10.1. The summed E-state index contributed by atoms with van der Waals surface area (Å²) in [6.07, 6.45) is 0.348. The van der Waals surface area contributed by atoms with Crippen LogP contribution in [0, 0.1) is 0 Å². The predicted molar refractivity (Wildman–Crippen MR) is 82.2 cm³/mol. The second-order valence-electron chi connectivity index (χ2n) is 4.54. The van der Waals surface area contributed by atoms with Crippen LogP contribution in [0.25, 0.3) is 0 Å². The van der Waals surface area contributed by atoms with Crippen molar-refractivity contribution in [2.45, 2.75) is 13.3 Å². The summed E-state index contributed by atoms with van der Waals surface area (Å²) in [5.41, 5.74) is 1.63. The summed E-state index contributed by atoms with van der Waals surface area (Å²) in [5, 5.41) is 8.50. The van der Waals surface area contributed by atoms with Gasteiger partial charge in [-0.15, -0.1) is 0 Å². The maximum Gasteiger partial charge on any atom is 0.238 e. The fraction of sp³-hybridized carbons (Fsp3) is 0.467. The van der Waals surface area contributed by atoms with Crippen molar-refractivity contribution >= 4 is 17.5 Å². The molecule has 116 valence electrons. The van der Waals surface area contributed by atoms with Gasteiger partial charge >= 0.3 is 0 Å². The molecule has 0 aromatic heterocycles. The zero-order chi connectivity index (χ0) is 15.5. The molecule has 6 heteroatoms. The third-order valence-corrected chi connectivity index (χ3v) is 2.74. The van der Waals surface area contributed by atoms with Gasteiger partial charge in [-0.3, -0.25) is 9.59 Å². The molecule has 1 aromatic carbocycles. The maximum absolute atomic E-state index is 11.6. The fourth-order valence-electron chi connectivity index (χ4n) is 1.73. The molecule has 0 atom stereocenters. The van der Waals surface area contributed by atoms with Crippen LogP contribution >= 0.6 is 0 Å². The van der Waals surface area contributed by atoms with E-state index in [-0.39, 0.29) is 18.4 Å². The van der Waals surface area contributed by atoms with E-state index in [9.17, 15) is 9.59 Å². The van der Waals surface area contributed by atoms with Gasteiger partial charge < -0.3 is 20.7 Å². The zero-order valence-electron chi connectivity index (χ0n) is 12.6. The first-order valence-electron chi connectivity index (χ1n) is 7.00. The monoisotopic (exact) mass is 293 g/mol. The van der Waals surface area contributed by atoms with Crippen LogP contribution in [0.2, 0.25) is 0 Å². The van der Waals surface area contributed by atoms with E-state index in [4.69, 9.17) is 4.74 Å². The van der Waals surface area contributed by atoms with Crippen molar-refractivity contribution in [1.82, 2.24) is 10.6 Å². The third kappa shape index (κ3) is 7.43. The van der Waals surface area contributed by atoms with E-state index >= 15 is 0 Å². The average Bonchev–Trinajstić information content (AvgIpc) is 2.46. The molecule has 0 spiro atoms. The van der Waals surface area contributed by atoms with E-state index < -0.39 is 0 Å². The molecule has 0 unspecified atom stereocenters. The number of nitrogens with one attached hydrogen (secondary N) is 3.